The molecule has 1 heterocycles. The smallest absolute Gasteiger partial charge is 0.337 e. The molecule has 2 atom stereocenters. The number of hydrogen-bond acceptors (Lipinski definition) is 3. The number of piperidine rings is 1. The third-order valence-corrected chi connectivity index (χ3v) is 5.91. The number of amides is 1. The van der Waals surface area contributed by atoms with Crippen LogP contribution >= 0.6 is 0 Å². The number of esters is 1. The lowest BCUT2D eigenvalue weighted by Crippen LogP contribution is -2.47. The molecule has 2 unspecified atom stereocenters. The molecule has 5 heteroatoms. The normalized spacial score (nSPS) is 20.2. The standard InChI is InChI=1S/C24H26FNO3/c1-4-13-24(20-9-11-21(25)12-10-20)14-15-26(22(27)16-24)17(2)18-5-7-19(8-6-18)23(28)29-3/h4-12,17H,1,13-16H2,2-3H3. The highest BCUT2D eigenvalue weighted by atomic mass is 19.1. The molecular weight excluding hydrogens is 369 g/mol. The number of ether oxygens (including phenoxy) is 1. The first-order valence-corrected chi connectivity index (χ1v) is 9.75. The highest BCUT2D eigenvalue weighted by Crippen LogP contribution is 2.41. The van der Waals surface area contributed by atoms with E-state index in [1.54, 1.807) is 24.3 Å². The number of methoxy groups -OCH3 is 1. The molecular formula is C24H26FNO3. The van der Waals surface area contributed by atoms with Crippen LogP contribution in [0.15, 0.2) is 61.2 Å². The molecule has 1 saturated heterocycles. The third kappa shape index (κ3) is 4.24. The molecule has 0 N–H and O–H groups in total. The Bertz CT molecular complexity index is 891. The maximum absolute atomic E-state index is 13.4. The van der Waals surface area contributed by atoms with E-state index >= 15 is 0 Å². The lowest BCUT2D eigenvalue weighted by Gasteiger charge is -2.43. The zero-order chi connectivity index (χ0) is 21.0. The molecule has 2 aromatic rings. The van der Waals surface area contributed by atoms with Crippen molar-refractivity contribution >= 4 is 11.9 Å². The van der Waals surface area contributed by atoms with Crippen LogP contribution in [0.2, 0.25) is 0 Å². The van der Waals surface area contributed by atoms with E-state index in [0.717, 1.165) is 17.5 Å². The second kappa shape index (κ2) is 8.60. The summed E-state index contributed by atoms with van der Waals surface area (Å²) in [6, 6.07) is 13.5. The van der Waals surface area contributed by atoms with Gasteiger partial charge in [0, 0.05) is 18.4 Å². The second-order valence-corrected chi connectivity index (χ2v) is 7.58. The van der Waals surface area contributed by atoms with E-state index < -0.39 is 0 Å². The maximum Gasteiger partial charge on any atom is 0.337 e. The van der Waals surface area contributed by atoms with Gasteiger partial charge in [-0.3, -0.25) is 4.79 Å². The SMILES string of the molecule is C=CCC1(c2ccc(F)cc2)CCN(C(C)c2ccc(C(=O)OC)cc2)C(=O)C1. The van der Waals surface area contributed by atoms with Crippen molar-refractivity contribution in [3.63, 3.8) is 0 Å². The van der Waals surface area contributed by atoms with E-state index in [9.17, 15) is 14.0 Å². The molecule has 29 heavy (non-hydrogen) atoms. The topological polar surface area (TPSA) is 46.6 Å². The van der Waals surface area contributed by atoms with Gasteiger partial charge in [-0.25, -0.2) is 9.18 Å². The summed E-state index contributed by atoms with van der Waals surface area (Å²) in [4.78, 5) is 26.6. The minimum atomic E-state index is -0.383. The Morgan fingerprint density at radius 1 is 1.24 bits per heavy atom. The summed E-state index contributed by atoms with van der Waals surface area (Å²) >= 11 is 0. The number of carbonyl (C=O) groups is 2. The Balaban J connectivity index is 1.79. The van der Waals surface area contributed by atoms with Crippen LogP contribution in [0, 0.1) is 5.82 Å². The van der Waals surface area contributed by atoms with E-state index in [1.807, 2.05) is 30.0 Å². The minimum Gasteiger partial charge on any atom is -0.465 e. The van der Waals surface area contributed by atoms with Crippen molar-refractivity contribution < 1.29 is 18.7 Å². The van der Waals surface area contributed by atoms with E-state index in [4.69, 9.17) is 4.74 Å². The summed E-state index contributed by atoms with van der Waals surface area (Å²) < 4.78 is 18.1. The van der Waals surface area contributed by atoms with Crippen LogP contribution in [-0.2, 0) is 14.9 Å². The number of nitrogens with zero attached hydrogens (tertiary/aromatic N) is 1. The minimum absolute atomic E-state index is 0.0620. The summed E-state index contributed by atoms with van der Waals surface area (Å²) in [7, 11) is 1.35. The van der Waals surface area contributed by atoms with Crippen molar-refractivity contribution in [2.24, 2.45) is 0 Å². The number of allylic oxidation sites excluding steroid dienone is 1. The maximum atomic E-state index is 13.4. The summed E-state index contributed by atoms with van der Waals surface area (Å²) in [5.74, 6) is -0.603. The Hall–Kier alpha value is -2.95. The summed E-state index contributed by atoms with van der Waals surface area (Å²) in [6.07, 6.45) is 3.64. The number of carbonyl (C=O) groups excluding carboxylic acids is 2. The Labute approximate surface area is 171 Å². The van der Waals surface area contributed by atoms with Gasteiger partial charge < -0.3 is 9.64 Å². The van der Waals surface area contributed by atoms with Crippen LogP contribution in [-0.4, -0.2) is 30.4 Å². The van der Waals surface area contributed by atoms with Crippen LogP contribution in [0.1, 0.15) is 53.7 Å². The molecule has 1 amide bonds. The number of hydrogen-bond donors (Lipinski definition) is 0. The van der Waals surface area contributed by atoms with Crippen LogP contribution < -0.4 is 0 Å². The monoisotopic (exact) mass is 395 g/mol. The molecule has 4 nitrogen and oxygen atoms in total. The summed E-state index contributed by atoms with van der Waals surface area (Å²) in [6.45, 7) is 6.45. The van der Waals surface area contributed by atoms with Crippen LogP contribution in [0.25, 0.3) is 0 Å². The lowest BCUT2D eigenvalue weighted by atomic mass is 9.70. The quantitative estimate of drug-likeness (QED) is 0.521. The van der Waals surface area contributed by atoms with E-state index in [2.05, 4.69) is 6.58 Å². The van der Waals surface area contributed by atoms with E-state index in [0.29, 0.717) is 24.9 Å². The fourth-order valence-electron chi connectivity index (χ4n) is 4.16. The molecule has 3 rings (SSSR count). The van der Waals surface area contributed by atoms with Crippen LogP contribution in [0.5, 0.6) is 0 Å². The third-order valence-electron chi connectivity index (χ3n) is 5.91. The fraction of sp³-hybridized carbons (Fsp3) is 0.333. The van der Waals surface area contributed by atoms with Gasteiger partial charge in [0.05, 0.1) is 18.7 Å². The van der Waals surface area contributed by atoms with Crippen molar-refractivity contribution in [3.8, 4) is 0 Å². The first-order valence-electron chi connectivity index (χ1n) is 9.75. The Kier molecular flexibility index (Phi) is 6.16. The molecule has 1 aliphatic rings. The average Bonchev–Trinajstić information content (AvgIpc) is 2.73. The molecule has 0 aromatic heterocycles. The van der Waals surface area contributed by atoms with Crippen molar-refractivity contribution in [2.75, 3.05) is 13.7 Å². The predicted molar refractivity (Wildman–Crippen MR) is 110 cm³/mol. The van der Waals surface area contributed by atoms with Gasteiger partial charge >= 0.3 is 5.97 Å². The number of halogens is 1. The van der Waals surface area contributed by atoms with Gasteiger partial charge in [-0.05, 0) is 55.2 Å². The Morgan fingerprint density at radius 2 is 1.90 bits per heavy atom. The predicted octanol–water partition coefficient (Wildman–Crippen LogP) is 4.81. The number of likely N-dealkylation sites (tertiary alicyclic amines) is 1. The van der Waals surface area contributed by atoms with E-state index in [1.165, 1.54) is 19.2 Å². The molecule has 1 aliphatic heterocycles. The largest absolute Gasteiger partial charge is 0.465 e. The average molecular weight is 395 g/mol. The van der Waals surface area contributed by atoms with Gasteiger partial charge in [0.1, 0.15) is 5.82 Å². The van der Waals surface area contributed by atoms with Gasteiger partial charge in [0.25, 0.3) is 0 Å². The molecule has 2 aromatic carbocycles. The molecule has 0 radical (unpaired) electrons. The number of benzene rings is 2. The van der Waals surface area contributed by atoms with Gasteiger partial charge in [-0.1, -0.05) is 30.3 Å². The van der Waals surface area contributed by atoms with Gasteiger partial charge in [-0.2, -0.15) is 0 Å². The zero-order valence-electron chi connectivity index (χ0n) is 16.9. The van der Waals surface area contributed by atoms with Crippen molar-refractivity contribution in [3.05, 3.63) is 83.7 Å². The van der Waals surface area contributed by atoms with Gasteiger partial charge in [0.15, 0.2) is 0 Å². The van der Waals surface area contributed by atoms with Crippen LogP contribution in [0.4, 0.5) is 4.39 Å². The van der Waals surface area contributed by atoms with Crippen LogP contribution in [0.3, 0.4) is 0 Å². The zero-order valence-corrected chi connectivity index (χ0v) is 16.9. The highest BCUT2D eigenvalue weighted by Gasteiger charge is 2.40. The summed E-state index contributed by atoms with van der Waals surface area (Å²) in [5, 5.41) is 0. The first-order chi connectivity index (χ1) is 13.9. The fourth-order valence-corrected chi connectivity index (χ4v) is 4.16. The molecule has 152 valence electrons. The van der Waals surface area contributed by atoms with Crippen molar-refractivity contribution in [2.45, 2.75) is 37.6 Å². The van der Waals surface area contributed by atoms with Gasteiger partial charge in [0.2, 0.25) is 5.91 Å². The first kappa shape index (κ1) is 20.8. The van der Waals surface area contributed by atoms with Gasteiger partial charge in [-0.15, -0.1) is 6.58 Å². The van der Waals surface area contributed by atoms with Crippen molar-refractivity contribution in [1.29, 1.82) is 0 Å². The van der Waals surface area contributed by atoms with E-state index in [-0.39, 0.29) is 29.2 Å². The molecule has 0 spiro atoms. The summed E-state index contributed by atoms with van der Waals surface area (Å²) in [5.41, 5.74) is 2.07. The molecule has 0 bridgehead atoms. The molecule has 0 aliphatic carbocycles. The molecule has 0 saturated carbocycles. The Morgan fingerprint density at radius 3 is 2.45 bits per heavy atom. The molecule has 1 fully saturated rings. The highest BCUT2D eigenvalue weighted by molar-refractivity contribution is 5.89. The number of rotatable bonds is 6. The second-order valence-electron chi connectivity index (χ2n) is 7.58. The lowest BCUT2D eigenvalue weighted by molar-refractivity contribution is -0.138. The van der Waals surface area contributed by atoms with Crippen molar-refractivity contribution in [1.82, 2.24) is 4.90 Å².